The lowest BCUT2D eigenvalue weighted by Gasteiger charge is -2.22. The van der Waals surface area contributed by atoms with Gasteiger partial charge in [-0.2, -0.15) is 4.31 Å². The molecule has 0 radical (unpaired) electrons. The maximum absolute atomic E-state index is 13.1. The number of cyclic esters (lactones) is 1. The Morgan fingerprint density at radius 2 is 1.61 bits per heavy atom. The molecule has 0 N–H and O–H groups in total. The fourth-order valence-corrected chi connectivity index (χ4v) is 5.16. The van der Waals surface area contributed by atoms with Crippen LogP contribution in [0.2, 0.25) is 0 Å². The van der Waals surface area contributed by atoms with E-state index in [0.717, 1.165) is 12.1 Å². The molecule has 0 atom stereocenters. The van der Waals surface area contributed by atoms with E-state index in [1.165, 1.54) is 21.3 Å². The average molecular weight is 447 g/mol. The van der Waals surface area contributed by atoms with E-state index in [1.807, 2.05) is 0 Å². The molecular weight excluding hydrogens is 425 g/mol. The van der Waals surface area contributed by atoms with Crippen LogP contribution in [0.1, 0.15) is 16.8 Å². The molecule has 2 heterocycles. The number of carbonyl (C=O) groups excluding carboxylic acids is 2. The van der Waals surface area contributed by atoms with Crippen LogP contribution in [0.15, 0.2) is 53.4 Å². The second-order valence-electron chi connectivity index (χ2n) is 7.32. The zero-order chi connectivity index (χ0) is 22.0. The van der Waals surface area contributed by atoms with Gasteiger partial charge in [0.2, 0.25) is 10.0 Å². The van der Waals surface area contributed by atoms with Crippen molar-refractivity contribution in [2.24, 2.45) is 0 Å². The molecule has 164 valence electrons. The number of ether oxygens (including phenoxy) is 1. The highest BCUT2D eigenvalue weighted by atomic mass is 32.2. The van der Waals surface area contributed by atoms with Crippen LogP contribution in [-0.4, -0.2) is 69.0 Å². The molecule has 0 spiro atoms. The summed E-state index contributed by atoms with van der Waals surface area (Å²) in [6.45, 7) is 1.91. The van der Waals surface area contributed by atoms with Crippen molar-refractivity contribution in [2.45, 2.75) is 11.3 Å². The molecule has 0 aliphatic carbocycles. The van der Waals surface area contributed by atoms with Gasteiger partial charge in [-0.1, -0.05) is 0 Å². The molecule has 0 aromatic heterocycles. The van der Waals surface area contributed by atoms with Crippen LogP contribution in [0.5, 0.6) is 0 Å². The molecule has 2 aromatic rings. The van der Waals surface area contributed by atoms with Crippen LogP contribution in [0.4, 0.5) is 14.9 Å². The molecule has 2 aliphatic rings. The SMILES string of the molecule is O=C(c1ccc(N2CCOC2=O)cc1)N1CCCN(S(=O)(=O)c2ccc(F)cc2)CC1. The van der Waals surface area contributed by atoms with Crippen molar-refractivity contribution in [3.63, 3.8) is 0 Å². The standard InChI is InChI=1S/C21H22FN3O5S/c22-17-4-8-19(9-5-17)31(28,29)24-11-1-10-23(12-13-24)20(26)16-2-6-18(7-3-16)25-14-15-30-21(25)27/h2-9H,1,10-15H2. The molecule has 2 amide bonds. The molecule has 0 saturated carbocycles. The largest absolute Gasteiger partial charge is 0.447 e. The second-order valence-corrected chi connectivity index (χ2v) is 9.25. The number of carbonyl (C=O) groups is 2. The van der Waals surface area contributed by atoms with Gasteiger partial charge in [0.25, 0.3) is 5.91 Å². The quantitative estimate of drug-likeness (QED) is 0.718. The lowest BCUT2D eigenvalue weighted by atomic mass is 10.1. The van der Waals surface area contributed by atoms with Crippen LogP contribution >= 0.6 is 0 Å². The molecule has 2 aliphatic heterocycles. The number of anilines is 1. The molecule has 4 rings (SSSR count). The maximum atomic E-state index is 13.1. The lowest BCUT2D eigenvalue weighted by molar-refractivity contribution is 0.0764. The third-order valence-electron chi connectivity index (χ3n) is 5.38. The fourth-order valence-electron chi connectivity index (χ4n) is 3.69. The van der Waals surface area contributed by atoms with E-state index in [0.29, 0.717) is 37.4 Å². The number of sulfonamides is 1. The molecule has 2 saturated heterocycles. The van der Waals surface area contributed by atoms with Crippen molar-refractivity contribution in [1.82, 2.24) is 9.21 Å². The average Bonchev–Trinajstić information content (AvgIpc) is 3.04. The number of hydrogen-bond donors (Lipinski definition) is 0. The number of rotatable bonds is 4. The first-order valence-electron chi connectivity index (χ1n) is 9.95. The van der Waals surface area contributed by atoms with E-state index in [9.17, 15) is 22.4 Å². The number of halogens is 1. The van der Waals surface area contributed by atoms with E-state index in [2.05, 4.69) is 0 Å². The first kappa shape index (κ1) is 21.3. The predicted octanol–water partition coefficient (Wildman–Crippen LogP) is 2.32. The Morgan fingerprint density at radius 1 is 0.903 bits per heavy atom. The van der Waals surface area contributed by atoms with E-state index in [1.54, 1.807) is 29.2 Å². The van der Waals surface area contributed by atoms with Crippen LogP contribution < -0.4 is 4.90 Å². The van der Waals surface area contributed by atoms with Crippen molar-refractivity contribution in [1.29, 1.82) is 0 Å². The Balaban J connectivity index is 1.43. The summed E-state index contributed by atoms with van der Waals surface area (Å²) in [5, 5.41) is 0. The smallest absolute Gasteiger partial charge is 0.414 e. The Kier molecular flexibility index (Phi) is 5.92. The minimum Gasteiger partial charge on any atom is -0.447 e. The topological polar surface area (TPSA) is 87.2 Å². The van der Waals surface area contributed by atoms with Gasteiger partial charge in [-0.25, -0.2) is 17.6 Å². The van der Waals surface area contributed by atoms with Crippen LogP contribution in [-0.2, 0) is 14.8 Å². The van der Waals surface area contributed by atoms with Crippen molar-refractivity contribution < 1.29 is 27.1 Å². The zero-order valence-electron chi connectivity index (χ0n) is 16.7. The molecule has 0 unspecified atom stereocenters. The van der Waals surface area contributed by atoms with E-state index >= 15 is 0 Å². The minimum absolute atomic E-state index is 0.0321. The summed E-state index contributed by atoms with van der Waals surface area (Å²) in [6.07, 6.45) is 0.0817. The second kappa shape index (κ2) is 8.64. The summed E-state index contributed by atoms with van der Waals surface area (Å²) in [4.78, 5) is 27.7. The minimum atomic E-state index is -3.76. The van der Waals surface area contributed by atoms with Crippen LogP contribution in [0.3, 0.4) is 0 Å². The Hall–Kier alpha value is -2.98. The number of amides is 2. The zero-order valence-corrected chi connectivity index (χ0v) is 17.6. The van der Waals surface area contributed by atoms with Gasteiger partial charge in [0.05, 0.1) is 11.4 Å². The molecular formula is C21H22FN3O5S. The Bertz CT molecular complexity index is 1070. The summed E-state index contributed by atoms with van der Waals surface area (Å²) in [5.74, 6) is -0.698. The molecule has 31 heavy (non-hydrogen) atoms. The molecule has 2 aromatic carbocycles. The van der Waals surface area contributed by atoms with Gasteiger partial charge in [-0.3, -0.25) is 9.69 Å². The van der Waals surface area contributed by atoms with Crippen molar-refractivity contribution in [3.05, 3.63) is 59.9 Å². The Labute approximate surface area is 179 Å². The maximum Gasteiger partial charge on any atom is 0.414 e. The number of nitrogens with zero attached hydrogens (tertiary/aromatic N) is 3. The van der Waals surface area contributed by atoms with Gasteiger partial charge >= 0.3 is 6.09 Å². The van der Waals surface area contributed by atoms with Crippen molar-refractivity contribution >= 4 is 27.7 Å². The normalized spacial score (nSPS) is 18.0. The fraction of sp³-hybridized carbons (Fsp3) is 0.333. The lowest BCUT2D eigenvalue weighted by Crippen LogP contribution is -2.37. The highest BCUT2D eigenvalue weighted by Gasteiger charge is 2.29. The highest BCUT2D eigenvalue weighted by molar-refractivity contribution is 7.89. The summed E-state index contributed by atoms with van der Waals surface area (Å²) >= 11 is 0. The third kappa shape index (κ3) is 4.40. The van der Waals surface area contributed by atoms with Gasteiger partial charge in [-0.05, 0) is 55.0 Å². The van der Waals surface area contributed by atoms with Gasteiger partial charge < -0.3 is 9.64 Å². The molecule has 0 bridgehead atoms. The summed E-state index contributed by atoms with van der Waals surface area (Å²) < 4.78 is 45.1. The van der Waals surface area contributed by atoms with Crippen LogP contribution in [0, 0.1) is 5.82 Å². The Morgan fingerprint density at radius 3 is 2.26 bits per heavy atom. The van der Waals surface area contributed by atoms with Gasteiger partial charge in [0.15, 0.2) is 0 Å². The first-order chi connectivity index (χ1) is 14.9. The summed E-state index contributed by atoms with van der Waals surface area (Å²) in [5.41, 5.74) is 1.12. The summed E-state index contributed by atoms with van der Waals surface area (Å²) in [6, 6.07) is 11.4. The van der Waals surface area contributed by atoms with Crippen molar-refractivity contribution in [3.8, 4) is 0 Å². The summed E-state index contributed by atoms with van der Waals surface area (Å²) in [7, 11) is -3.76. The van der Waals surface area contributed by atoms with Crippen LogP contribution in [0.25, 0.3) is 0 Å². The molecule has 10 heteroatoms. The molecule has 2 fully saturated rings. The highest BCUT2D eigenvalue weighted by Crippen LogP contribution is 2.22. The van der Waals surface area contributed by atoms with Gasteiger partial charge in [0, 0.05) is 37.4 Å². The molecule has 8 nitrogen and oxygen atoms in total. The first-order valence-corrected chi connectivity index (χ1v) is 11.4. The monoisotopic (exact) mass is 447 g/mol. The number of hydrogen-bond acceptors (Lipinski definition) is 5. The van der Waals surface area contributed by atoms with E-state index < -0.39 is 21.9 Å². The van der Waals surface area contributed by atoms with E-state index in [4.69, 9.17) is 4.74 Å². The van der Waals surface area contributed by atoms with Gasteiger partial charge in [-0.15, -0.1) is 0 Å². The predicted molar refractivity (Wildman–Crippen MR) is 111 cm³/mol. The van der Waals surface area contributed by atoms with E-state index in [-0.39, 0.29) is 30.4 Å². The van der Waals surface area contributed by atoms with Gasteiger partial charge in [0.1, 0.15) is 12.4 Å². The van der Waals surface area contributed by atoms with Crippen molar-refractivity contribution in [2.75, 3.05) is 44.2 Å². The third-order valence-corrected chi connectivity index (χ3v) is 7.29. The number of benzene rings is 2.